The predicted octanol–water partition coefficient (Wildman–Crippen LogP) is 1.50. The molecule has 0 bridgehead atoms. The van der Waals surface area contributed by atoms with Crippen molar-refractivity contribution in [1.82, 2.24) is 9.97 Å². The lowest BCUT2D eigenvalue weighted by Gasteiger charge is -2.25. The van der Waals surface area contributed by atoms with Crippen LogP contribution in [0, 0.1) is 0 Å². The molecule has 0 saturated heterocycles. The molecule has 0 atom stereocenters. The van der Waals surface area contributed by atoms with Crippen LogP contribution in [0.3, 0.4) is 0 Å². The second-order valence-electron chi connectivity index (χ2n) is 5.41. The Morgan fingerprint density at radius 1 is 1.17 bits per heavy atom. The average Bonchev–Trinajstić information content (AvgIpc) is 2.34. The smallest absolute Gasteiger partial charge is 0.133 e. The van der Waals surface area contributed by atoms with Crippen LogP contribution in [-0.4, -0.2) is 42.7 Å². The summed E-state index contributed by atoms with van der Waals surface area (Å²) < 4.78 is 0. The molecule has 0 aromatic carbocycles. The number of aromatic nitrogens is 2. The van der Waals surface area contributed by atoms with Crippen LogP contribution in [0.15, 0.2) is 12.4 Å². The van der Waals surface area contributed by atoms with Gasteiger partial charge in [0.05, 0.1) is 0 Å². The molecule has 1 rings (SSSR count). The predicted molar refractivity (Wildman–Crippen MR) is 77.1 cm³/mol. The van der Waals surface area contributed by atoms with Crippen molar-refractivity contribution >= 4 is 11.6 Å². The Hall–Kier alpha value is -1.36. The van der Waals surface area contributed by atoms with Gasteiger partial charge in [0.2, 0.25) is 0 Å². The molecule has 0 amide bonds. The van der Waals surface area contributed by atoms with Gasteiger partial charge in [0.15, 0.2) is 0 Å². The fourth-order valence-corrected chi connectivity index (χ4v) is 1.49. The summed E-state index contributed by atoms with van der Waals surface area (Å²) in [6.45, 7) is 7.99. The minimum absolute atomic E-state index is 0.148. The fraction of sp³-hybridized carbons (Fsp3) is 0.692. The lowest BCUT2D eigenvalue weighted by Crippen LogP contribution is -2.36. The van der Waals surface area contributed by atoms with Crippen LogP contribution < -0.4 is 15.5 Å². The molecule has 0 aliphatic heterocycles. The monoisotopic (exact) mass is 251 g/mol. The van der Waals surface area contributed by atoms with Gasteiger partial charge in [-0.25, -0.2) is 9.97 Å². The molecule has 5 heteroatoms. The molecule has 102 valence electrons. The van der Waals surface area contributed by atoms with E-state index in [0.717, 1.165) is 31.1 Å². The molecule has 0 aliphatic rings. The summed E-state index contributed by atoms with van der Waals surface area (Å²) in [6.07, 6.45) is 2.54. The van der Waals surface area contributed by atoms with E-state index in [0.29, 0.717) is 0 Å². The number of nitrogens with zero attached hydrogens (tertiary/aromatic N) is 4. The highest BCUT2D eigenvalue weighted by atomic mass is 15.2. The van der Waals surface area contributed by atoms with Crippen LogP contribution in [0.1, 0.15) is 27.2 Å². The molecule has 1 aromatic heterocycles. The fourth-order valence-electron chi connectivity index (χ4n) is 1.49. The summed E-state index contributed by atoms with van der Waals surface area (Å²) in [5.74, 6) is 1.88. The number of anilines is 2. The molecule has 5 nitrogen and oxygen atoms in total. The van der Waals surface area contributed by atoms with Crippen LogP contribution in [0.25, 0.3) is 0 Å². The van der Waals surface area contributed by atoms with Gasteiger partial charge in [-0.1, -0.05) is 0 Å². The second-order valence-corrected chi connectivity index (χ2v) is 5.41. The number of rotatable bonds is 6. The Labute approximate surface area is 110 Å². The zero-order chi connectivity index (χ0) is 13.8. The van der Waals surface area contributed by atoms with Gasteiger partial charge in [0.1, 0.15) is 18.0 Å². The van der Waals surface area contributed by atoms with Gasteiger partial charge < -0.3 is 15.5 Å². The standard InChI is InChI=1S/C13H25N5/c1-6-17(4)11-9-12(16-10-15-11)18(5)8-7-13(2,3)14/h9-10H,6-8,14H2,1-5H3. The van der Waals surface area contributed by atoms with Gasteiger partial charge >= 0.3 is 0 Å². The molecule has 0 fully saturated rings. The van der Waals surface area contributed by atoms with Crippen molar-refractivity contribution in [2.24, 2.45) is 5.73 Å². The SMILES string of the molecule is CCN(C)c1cc(N(C)CCC(C)(C)N)ncn1. The van der Waals surface area contributed by atoms with Crippen molar-refractivity contribution in [2.45, 2.75) is 32.7 Å². The maximum absolute atomic E-state index is 5.99. The van der Waals surface area contributed by atoms with E-state index < -0.39 is 0 Å². The normalized spacial score (nSPS) is 11.4. The summed E-state index contributed by atoms with van der Waals surface area (Å²) in [4.78, 5) is 12.8. The van der Waals surface area contributed by atoms with E-state index in [4.69, 9.17) is 5.73 Å². The molecular formula is C13H25N5. The third-order valence-electron chi connectivity index (χ3n) is 2.99. The van der Waals surface area contributed by atoms with Gasteiger partial charge in [-0.2, -0.15) is 0 Å². The Bertz CT molecular complexity index is 372. The lowest BCUT2D eigenvalue weighted by atomic mass is 10.0. The van der Waals surface area contributed by atoms with E-state index in [-0.39, 0.29) is 5.54 Å². The first kappa shape index (κ1) is 14.7. The molecule has 0 unspecified atom stereocenters. The van der Waals surface area contributed by atoms with Gasteiger partial charge in [0.25, 0.3) is 0 Å². The summed E-state index contributed by atoms with van der Waals surface area (Å²) in [5.41, 5.74) is 5.85. The molecule has 1 aromatic rings. The highest BCUT2D eigenvalue weighted by Crippen LogP contribution is 2.16. The maximum atomic E-state index is 5.99. The van der Waals surface area contributed by atoms with Crippen molar-refractivity contribution in [2.75, 3.05) is 37.0 Å². The highest BCUT2D eigenvalue weighted by Gasteiger charge is 2.13. The first-order valence-electron chi connectivity index (χ1n) is 6.36. The van der Waals surface area contributed by atoms with E-state index >= 15 is 0 Å². The third kappa shape index (κ3) is 4.49. The highest BCUT2D eigenvalue weighted by molar-refractivity contribution is 5.49. The minimum Gasteiger partial charge on any atom is -0.360 e. The molecule has 0 spiro atoms. The molecule has 0 aliphatic carbocycles. The Kier molecular flexibility index (Phi) is 4.90. The average molecular weight is 251 g/mol. The zero-order valence-electron chi connectivity index (χ0n) is 12.1. The second kappa shape index (κ2) is 6.00. The zero-order valence-corrected chi connectivity index (χ0v) is 12.1. The van der Waals surface area contributed by atoms with Crippen molar-refractivity contribution in [3.05, 3.63) is 12.4 Å². The van der Waals surface area contributed by atoms with E-state index in [1.54, 1.807) is 6.33 Å². The number of hydrogen-bond acceptors (Lipinski definition) is 5. The topological polar surface area (TPSA) is 58.3 Å². The Balaban J connectivity index is 2.71. The van der Waals surface area contributed by atoms with Gasteiger partial charge in [-0.05, 0) is 27.2 Å². The lowest BCUT2D eigenvalue weighted by molar-refractivity contribution is 0.478. The molecule has 18 heavy (non-hydrogen) atoms. The molecule has 2 N–H and O–H groups in total. The van der Waals surface area contributed by atoms with Crippen molar-refractivity contribution in [3.8, 4) is 0 Å². The Morgan fingerprint density at radius 3 is 2.22 bits per heavy atom. The van der Waals surface area contributed by atoms with Gasteiger partial charge in [-0.3, -0.25) is 0 Å². The summed E-state index contributed by atoms with van der Waals surface area (Å²) in [6, 6.07) is 2.01. The van der Waals surface area contributed by atoms with Crippen molar-refractivity contribution in [1.29, 1.82) is 0 Å². The van der Waals surface area contributed by atoms with Crippen LogP contribution in [-0.2, 0) is 0 Å². The summed E-state index contributed by atoms with van der Waals surface area (Å²) in [7, 11) is 4.05. The van der Waals surface area contributed by atoms with Crippen LogP contribution >= 0.6 is 0 Å². The molecule has 0 radical (unpaired) electrons. The molecular weight excluding hydrogens is 226 g/mol. The van der Waals surface area contributed by atoms with Gasteiger partial charge in [-0.15, -0.1) is 0 Å². The maximum Gasteiger partial charge on any atom is 0.133 e. The van der Waals surface area contributed by atoms with E-state index in [9.17, 15) is 0 Å². The van der Waals surface area contributed by atoms with E-state index in [1.807, 2.05) is 34.0 Å². The van der Waals surface area contributed by atoms with Crippen LogP contribution in [0.2, 0.25) is 0 Å². The van der Waals surface area contributed by atoms with Crippen molar-refractivity contribution in [3.63, 3.8) is 0 Å². The van der Waals surface area contributed by atoms with E-state index in [2.05, 4.69) is 26.7 Å². The number of nitrogens with two attached hydrogens (primary N) is 1. The Morgan fingerprint density at radius 2 is 1.72 bits per heavy atom. The van der Waals surface area contributed by atoms with Gasteiger partial charge in [0, 0.05) is 38.8 Å². The largest absolute Gasteiger partial charge is 0.360 e. The van der Waals surface area contributed by atoms with Crippen LogP contribution in [0.4, 0.5) is 11.6 Å². The summed E-state index contributed by atoms with van der Waals surface area (Å²) >= 11 is 0. The quantitative estimate of drug-likeness (QED) is 0.830. The molecule has 1 heterocycles. The first-order valence-corrected chi connectivity index (χ1v) is 6.36. The third-order valence-corrected chi connectivity index (χ3v) is 2.99. The number of hydrogen-bond donors (Lipinski definition) is 1. The first-order chi connectivity index (χ1) is 8.33. The van der Waals surface area contributed by atoms with Crippen LogP contribution in [0.5, 0.6) is 0 Å². The van der Waals surface area contributed by atoms with E-state index in [1.165, 1.54) is 0 Å². The van der Waals surface area contributed by atoms with Crippen molar-refractivity contribution < 1.29 is 0 Å². The summed E-state index contributed by atoms with van der Waals surface area (Å²) in [5, 5.41) is 0. The minimum atomic E-state index is -0.148. The molecule has 0 saturated carbocycles.